The summed E-state index contributed by atoms with van der Waals surface area (Å²) in [5, 5.41) is 3.14. The van der Waals surface area contributed by atoms with Crippen molar-refractivity contribution in [3.05, 3.63) is 30.1 Å². The summed E-state index contributed by atoms with van der Waals surface area (Å²) in [5.41, 5.74) is 0.613. The minimum Gasteiger partial charge on any atom is -0.314 e. The molecule has 2 aliphatic rings. The Morgan fingerprint density at radius 2 is 2.00 bits per heavy atom. The number of carbonyl (C=O) groups excluding carboxylic acids is 2. The molecule has 106 valence electrons. The van der Waals surface area contributed by atoms with Crippen molar-refractivity contribution in [3.8, 4) is 0 Å². The fourth-order valence-corrected chi connectivity index (χ4v) is 2.19. The lowest BCUT2D eigenvalue weighted by Crippen LogP contribution is -2.38. The molecule has 1 aliphatic carbocycles. The van der Waals surface area contributed by atoms with Gasteiger partial charge in [-0.15, -0.1) is 0 Å². The maximum absolute atomic E-state index is 12.9. The number of rotatable bonds is 4. The molecule has 1 aliphatic heterocycles. The second-order valence-electron chi connectivity index (χ2n) is 5.19. The average Bonchev–Trinajstić information content (AvgIpc) is 3.19. The molecule has 1 saturated carbocycles. The van der Waals surface area contributed by atoms with E-state index in [1.54, 1.807) is 12.1 Å². The van der Waals surface area contributed by atoms with Gasteiger partial charge >= 0.3 is 0 Å². The van der Waals surface area contributed by atoms with Gasteiger partial charge in [0.1, 0.15) is 19.0 Å². The van der Waals surface area contributed by atoms with Crippen LogP contribution in [0.4, 0.5) is 10.1 Å². The molecule has 0 radical (unpaired) electrons. The van der Waals surface area contributed by atoms with Crippen molar-refractivity contribution in [3.63, 3.8) is 0 Å². The first-order valence-electron chi connectivity index (χ1n) is 6.70. The summed E-state index contributed by atoms with van der Waals surface area (Å²) in [6.45, 7) is 0.591. The maximum Gasteiger partial charge on any atom is 0.248 e. The monoisotopic (exact) mass is 277 g/mol. The molecule has 0 unspecified atom stereocenters. The second kappa shape index (κ2) is 5.20. The molecule has 1 heterocycles. The molecule has 0 aromatic heterocycles. The van der Waals surface area contributed by atoms with Crippen molar-refractivity contribution in [2.45, 2.75) is 18.9 Å². The minimum atomic E-state index is -0.345. The molecule has 2 amide bonds. The van der Waals surface area contributed by atoms with E-state index in [1.807, 2.05) is 0 Å². The molecular formula is C14H16FN3O2. The van der Waals surface area contributed by atoms with Gasteiger partial charge in [0.2, 0.25) is 11.8 Å². The second-order valence-corrected chi connectivity index (χ2v) is 5.19. The molecule has 1 saturated heterocycles. The molecule has 1 aromatic carbocycles. The Morgan fingerprint density at radius 1 is 1.30 bits per heavy atom. The zero-order valence-corrected chi connectivity index (χ0v) is 11.0. The fraction of sp³-hybridized carbons (Fsp3) is 0.429. The Balaban J connectivity index is 1.62. The zero-order valence-electron chi connectivity index (χ0n) is 11.0. The van der Waals surface area contributed by atoms with Crippen molar-refractivity contribution >= 4 is 17.5 Å². The average molecular weight is 277 g/mol. The third kappa shape index (κ3) is 2.80. The van der Waals surface area contributed by atoms with E-state index in [4.69, 9.17) is 0 Å². The van der Waals surface area contributed by atoms with E-state index in [0.29, 0.717) is 11.7 Å². The molecule has 1 aromatic rings. The minimum absolute atomic E-state index is 0.0742. The van der Waals surface area contributed by atoms with Gasteiger partial charge < -0.3 is 10.2 Å². The van der Waals surface area contributed by atoms with Crippen LogP contribution in [0.15, 0.2) is 24.3 Å². The van der Waals surface area contributed by atoms with Crippen LogP contribution in [0.5, 0.6) is 0 Å². The molecule has 6 heteroatoms. The first-order valence-corrected chi connectivity index (χ1v) is 6.70. The molecule has 0 bridgehead atoms. The number of halogens is 1. The number of nitrogens with one attached hydrogen (secondary N) is 1. The van der Waals surface area contributed by atoms with E-state index in [1.165, 1.54) is 21.9 Å². The normalized spacial score (nSPS) is 18.8. The molecule has 2 fully saturated rings. The number of hydrogen-bond donors (Lipinski definition) is 1. The summed E-state index contributed by atoms with van der Waals surface area (Å²) < 4.78 is 12.9. The number of benzene rings is 1. The molecular weight excluding hydrogens is 261 g/mol. The van der Waals surface area contributed by atoms with Crippen molar-refractivity contribution in [1.29, 1.82) is 0 Å². The van der Waals surface area contributed by atoms with E-state index < -0.39 is 0 Å². The van der Waals surface area contributed by atoms with Gasteiger partial charge in [-0.05, 0) is 37.1 Å². The van der Waals surface area contributed by atoms with Crippen LogP contribution in [0.2, 0.25) is 0 Å². The topological polar surface area (TPSA) is 52.7 Å². The van der Waals surface area contributed by atoms with Crippen LogP contribution < -0.4 is 10.2 Å². The van der Waals surface area contributed by atoms with E-state index in [0.717, 1.165) is 12.8 Å². The van der Waals surface area contributed by atoms with Crippen molar-refractivity contribution < 1.29 is 14.0 Å². The number of anilines is 1. The van der Waals surface area contributed by atoms with E-state index >= 15 is 0 Å². The van der Waals surface area contributed by atoms with Gasteiger partial charge in [0.25, 0.3) is 0 Å². The van der Waals surface area contributed by atoms with Crippen molar-refractivity contribution in [1.82, 2.24) is 10.2 Å². The summed E-state index contributed by atoms with van der Waals surface area (Å²) in [7, 11) is 0. The third-order valence-electron chi connectivity index (χ3n) is 3.55. The Hall–Kier alpha value is -1.95. The smallest absolute Gasteiger partial charge is 0.248 e. The van der Waals surface area contributed by atoms with Crippen molar-refractivity contribution in [2.75, 3.05) is 24.7 Å². The zero-order chi connectivity index (χ0) is 14.1. The fourth-order valence-electron chi connectivity index (χ4n) is 2.19. The van der Waals surface area contributed by atoms with Gasteiger partial charge in [-0.25, -0.2) is 4.39 Å². The highest BCUT2D eigenvalue weighted by molar-refractivity contribution is 6.00. The van der Waals surface area contributed by atoms with E-state index in [-0.39, 0.29) is 37.4 Å². The lowest BCUT2D eigenvalue weighted by Gasteiger charge is -2.18. The van der Waals surface area contributed by atoms with Gasteiger partial charge in [-0.2, -0.15) is 0 Å². The maximum atomic E-state index is 12.9. The Bertz CT molecular complexity index is 528. The lowest BCUT2D eigenvalue weighted by molar-refractivity contribution is -0.130. The Labute approximate surface area is 116 Å². The highest BCUT2D eigenvalue weighted by atomic mass is 19.1. The first-order chi connectivity index (χ1) is 9.63. The van der Waals surface area contributed by atoms with Crippen LogP contribution in [-0.2, 0) is 9.59 Å². The number of nitrogens with zero attached hydrogens (tertiary/aromatic N) is 2. The quantitative estimate of drug-likeness (QED) is 0.882. The summed E-state index contributed by atoms with van der Waals surface area (Å²) in [6.07, 6.45) is 2.24. The highest BCUT2D eigenvalue weighted by Crippen LogP contribution is 2.20. The van der Waals surface area contributed by atoms with Crippen LogP contribution in [0, 0.1) is 5.82 Å². The summed E-state index contributed by atoms with van der Waals surface area (Å²) in [5.74, 6) is -0.562. The molecule has 0 atom stereocenters. The molecule has 20 heavy (non-hydrogen) atoms. The SMILES string of the molecule is O=C(CNC1CC1)N1CC(=O)N(c2ccc(F)cc2)C1. The van der Waals surface area contributed by atoms with E-state index in [9.17, 15) is 14.0 Å². The van der Waals surface area contributed by atoms with Crippen LogP contribution in [0.3, 0.4) is 0 Å². The summed E-state index contributed by atoms with van der Waals surface area (Å²) in [4.78, 5) is 26.9. The number of carbonyl (C=O) groups is 2. The van der Waals surface area contributed by atoms with Gasteiger partial charge in [0.05, 0.1) is 6.54 Å². The largest absolute Gasteiger partial charge is 0.314 e. The van der Waals surface area contributed by atoms with Gasteiger partial charge in [-0.3, -0.25) is 14.5 Å². The van der Waals surface area contributed by atoms with Crippen LogP contribution in [0.1, 0.15) is 12.8 Å². The predicted molar refractivity (Wildman–Crippen MR) is 71.5 cm³/mol. The Morgan fingerprint density at radius 3 is 2.65 bits per heavy atom. The summed E-state index contributed by atoms with van der Waals surface area (Å²) >= 11 is 0. The summed E-state index contributed by atoms with van der Waals surface area (Å²) in [6, 6.07) is 6.17. The molecule has 5 nitrogen and oxygen atoms in total. The van der Waals surface area contributed by atoms with Gasteiger partial charge in [-0.1, -0.05) is 0 Å². The predicted octanol–water partition coefficient (Wildman–Crippen LogP) is 0.710. The molecule has 3 rings (SSSR count). The lowest BCUT2D eigenvalue weighted by atomic mass is 10.3. The van der Waals surface area contributed by atoms with Crippen LogP contribution >= 0.6 is 0 Å². The van der Waals surface area contributed by atoms with Crippen molar-refractivity contribution in [2.24, 2.45) is 0 Å². The molecule has 1 N–H and O–H groups in total. The molecule has 0 spiro atoms. The third-order valence-corrected chi connectivity index (χ3v) is 3.55. The highest BCUT2D eigenvalue weighted by Gasteiger charge is 2.32. The van der Waals surface area contributed by atoms with Gasteiger partial charge in [0.15, 0.2) is 0 Å². The van der Waals surface area contributed by atoms with Crippen LogP contribution in [-0.4, -0.2) is 42.5 Å². The number of amides is 2. The van der Waals surface area contributed by atoms with E-state index in [2.05, 4.69) is 5.32 Å². The van der Waals surface area contributed by atoms with Crippen LogP contribution in [0.25, 0.3) is 0 Å². The van der Waals surface area contributed by atoms with Gasteiger partial charge in [0, 0.05) is 11.7 Å². The standard InChI is InChI=1S/C14H16FN3O2/c15-10-1-5-12(6-2-10)18-9-17(8-14(18)20)13(19)7-16-11-3-4-11/h1-2,5-6,11,16H,3-4,7-9H2. The first kappa shape index (κ1) is 13.1. The number of hydrogen-bond acceptors (Lipinski definition) is 3. The Kier molecular flexibility index (Phi) is 3.40.